The van der Waals surface area contributed by atoms with Crippen LogP contribution in [0.15, 0.2) is 35.4 Å². The van der Waals surface area contributed by atoms with Crippen molar-refractivity contribution in [3.05, 3.63) is 40.9 Å². The molecule has 0 saturated heterocycles. The van der Waals surface area contributed by atoms with E-state index in [-0.39, 0.29) is 0 Å². The first kappa shape index (κ1) is 15.1. The molecule has 0 radical (unpaired) electrons. The lowest BCUT2D eigenvalue weighted by molar-refractivity contribution is 0.352. The highest BCUT2D eigenvalue weighted by atomic mass is 35.5. The van der Waals surface area contributed by atoms with Gasteiger partial charge in [0.15, 0.2) is 0 Å². The Morgan fingerprint density at radius 2 is 2.06 bits per heavy atom. The predicted octanol–water partition coefficient (Wildman–Crippen LogP) is 3.75. The van der Waals surface area contributed by atoms with Gasteiger partial charge in [-0.05, 0) is 57.0 Å². The van der Waals surface area contributed by atoms with Gasteiger partial charge in [-0.25, -0.2) is 0 Å². The molecule has 3 heteroatoms. The van der Waals surface area contributed by atoms with E-state index in [1.54, 1.807) is 5.54 Å². The van der Waals surface area contributed by atoms with Gasteiger partial charge in [0.1, 0.15) is 12.4 Å². The predicted molar refractivity (Wildman–Crippen MR) is 78.4 cm³/mol. The van der Waals surface area contributed by atoms with Crippen LogP contribution in [0.3, 0.4) is 0 Å². The second kappa shape index (κ2) is 8.17. The van der Waals surface area contributed by atoms with E-state index >= 15 is 0 Å². The number of ether oxygens (including phenoxy) is 1. The number of nitrogens with one attached hydrogen (secondary N) is 1. The van der Waals surface area contributed by atoms with Crippen molar-refractivity contribution >= 4 is 11.6 Å². The number of benzene rings is 1. The SMILES string of the molecule is CNC(C)CCc1ccc(OC/C(C)=C/Cl)cc1. The van der Waals surface area contributed by atoms with Crippen molar-refractivity contribution in [2.24, 2.45) is 0 Å². The van der Waals surface area contributed by atoms with Gasteiger partial charge in [0, 0.05) is 11.6 Å². The molecule has 0 aliphatic carbocycles. The van der Waals surface area contributed by atoms with Crippen LogP contribution in [0.5, 0.6) is 5.75 Å². The Morgan fingerprint density at radius 1 is 1.39 bits per heavy atom. The average molecular weight is 268 g/mol. The maximum atomic E-state index is 5.60. The van der Waals surface area contributed by atoms with Crippen LogP contribution < -0.4 is 10.1 Å². The first-order chi connectivity index (χ1) is 8.65. The van der Waals surface area contributed by atoms with Crippen LogP contribution in [0, 0.1) is 0 Å². The summed E-state index contributed by atoms with van der Waals surface area (Å²) in [4.78, 5) is 0. The number of hydrogen-bond donors (Lipinski definition) is 1. The van der Waals surface area contributed by atoms with Crippen LogP contribution in [0.4, 0.5) is 0 Å². The zero-order chi connectivity index (χ0) is 13.4. The van der Waals surface area contributed by atoms with Gasteiger partial charge in [-0.3, -0.25) is 0 Å². The fourth-order valence-corrected chi connectivity index (χ4v) is 1.57. The molecule has 0 aliphatic heterocycles. The van der Waals surface area contributed by atoms with Crippen molar-refractivity contribution in [3.8, 4) is 5.75 Å². The fraction of sp³-hybridized carbons (Fsp3) is 0.467. The Bertz CT molecular complexity index is 373. The van der Waals surface area contributed by atoms with Crippen molar-refractivity contribution in [2.45, 2.75) is 32.7 Å². The summed E-state index contributed by atoms with van der Waals surface area (Å²) in [5.74, 6) is 0.887. The van der Waals surface area contributed by atoms with Crippen LogP contribution in [0.2, 0.25) is 0 Å². The van der Waals surface area contributed by atoms with Crippen molar-refractivity contribution < 1.29 is 4.74 Å². The zero-order valence-electron chi connectivity index (χ0n) is 11.4. The third kappa shape index (κ3) is 5.56. The van der Waals surface area contributed by atoms with Gasteiger partial charge in [-0.1, -0.05) is 23.7 Å². The van der Waals surface area contributed by atoms with Gasteiger partial charge in [-0.2, -0.15) is 0 Å². The highest BCUT2D eigenvalue weighted by Gasteiger charge is 2.00. The van der Waals surface area contributed by atoms with E-state index < -0.39 is 0 Å². The van der Waals surface area contributed by atoms with Gasteiger partial charge in [0.25, 0.3) is 0 Å². The minimum absolute atomic E-state index is 0.541. The van der Waals surface area contributed by atoms with Crippen molar-refractivity contribution in [2.75, 3.05) is 13.7 Å². The summed E-state index contributed by atoms with van der Waals surface area (Å²) in [5, 5.41) is 3.24. The van der Waals surface area contributed by atoms with E-state index in [1.165, 1.54) is 5.56 Å². The molecule has 0 saturated carbocycles. The van der Waals surface area contributed by atoms with Crippen LogP contribution in [0.25, 0.3) is 0 Å². The topological polar surface area (TPSA) is 21.3 Å². The molecule has 0 amide bonds. The number of halogens is 1. The van der Waals surface area contributed by atoms with Gasteiger partial charge >= 0.3 is 0 Å². The third-order valence-electron chi connectivity index (χ3n) is 2.93. The summed E-state index contributed by atoms with van der Waals surface area (Å²) in [7, 11) is 1.99. The van der Waals surface area contributed by atoms with Crippen molar-refractivity contribution in [1.82, 2.24) is 5.32 Å². The summed E-state index contributed by atoms with van der Waals surface area (Å²) >= 11 is 5.58. The first-order valence-electron chi connectivity index (χ1n) is 6.30. The molecule has 1 N–H and O–H groups in total. The molecule has 1 rings (SSSR count). The molecule has 1 unspecified atom stereocenters. The Labute approximate surface area is 115 Å². The molecule has 0 spiro atoms. The maximum absolute atomic E-state index is 5.60. The average Bonchev–Trinajstić information content (AvgIpc) is 2.43. The van der Waals surface area contributed by atoms with Gasteiger partial charge < -0.3 is 10.1 Å². The standard InChI is InChI=1S/C15H22ClNO/c1-12(10-16)11-18-15-8-6-14(7-9-15)5-4-13(2)17-3/h6-10,13,17H,4-5,11H2,1-3H3/b12-10+. The second-order valence-electron chi connectivity index (χ2n) is 4.62. The lowest BCUT2D eigenvalue weighted by atomic mass is 10.1. The molecule has 0 bridgehead atoms. The monoisotopic (exact) mass is 267 g/mol. The van der Waals surface area contributed by atoms with E-state index in [2.05, 4.69) is 24.4 Å². The zero-order valence-corrected chi connectivity index (χ0v) is 12.1. The Balaban J connectivity index is 2.42. The van der Waals surface area contributed by atoms with E-state index in [9.17, 15) is 0 Å². The molecule has 1 aromatic carbocycles. The molecule has 1 aromatic rings. The van der Waals surface area contributed by atoms with E-state index in [4.69, 9.17) is 16.3 Å². The highest BCUT2D eigenvalue weighted by molar-refractivity contribution is 6.25. The van der Waals surface area contributed by atoms with Gasteiger partial charge in [0.2, 0.25) is 0 Å². The normalized spacial score (nSPS) is 13.4. The van der Waals surface area contributed by atoms with E-state index in [0.717, 1.165) is 24.2 Å². The van der Waals surface area contributed by atoms with E-state index in [1.807, 2.05) is 26.1 Å². The summed E-state index contributed by atoms with van der Waals surface area (Å²) < 4.78 is 5.60. The van der Waals surface area contributed by atoms with Crippen molar-refractivity contribution in [3.63, 3.8) is 0 Å². The second-order valence-corrected chi connectivity index (χ2v) is 4.83. The molecule has 0 heterocycles. The minimum Gasteiger partial charge on any atom is -0.489 e. The largest absolute Gasteiger partial charge is 0.489 e. The van der Waals surface area contributed by atoms with E-state index in [0.29, 0.717) is 12.6 Å². The lowest BCUT2D eigenvalue weighted by Crippen LogP contribution is -2.21. The molecular formula is C15H22ClNO. The summed E-state index contributed by atoms with van der Waals surface area (Å²) in [5.41, 5.74) is 3.91. The summed E-state index contributed by atoms with van der Waals surface area (Å²) in [6, 6.07) is 8.83. The quantitative estimate of drug-likeness (QED) is 0.812. The number of hydrogen-bond acceptors (Lipinski definition) is 2. The van der Waals surface area contributed by atoms with Crippen molar-refractivity contribution in [1.29, 1.82) is 0 Å². The maximum Gasteiger partial charge on any atom is 0.119 e. The number of aryl methyl sites for hydroxylation is 1. The minimum atomic E-state index is 0.541. The molecule has 0 aromatic heterocycles. The first-order valence-corrected chi connectivity index (χ1v) is 6.74. The Morgan fingerprint density at radius 3 is 2.61 bits per heavy atom. The van der Waals surface area contributed by atoms with Gasteiger partial charge in [-0.15, -0.1) is 0 Å². The lowest BCUT2D eigenvalue weighted by Gasteiger charge is -2.10. The van der Waals surface area contributed by atoms with Crippen LogP contribution in [-0.2, 0) is 6.42 Å². The van der Waals surface area contributed by atoms with Gasteiger partial charge in [0.05, 0.1) is 0 Å². The molecular weight excluding hydrogens is 246 g/mol. The molecule has 0 fully saturated rings. The fourth-order valence-electron chi connectivity index (χ4n) is 1.51. The molecule has 0 aliphatic rings. The Hall–Kier alpha value is -0.990. The molecule has 18 heavy (non-hydrogen) atoms. The van der Waals surface area contributed by atoms with Crippen LogP contribution in [0.1, 0.15) is 25.8 Å². The van der Waals surface area contributed by atoms with Crippen LogP contribution >= 0.6 is 11.6 Å². The highest BCUT2D eigenvalue weighted by Crippen LogP contribution is 2.14. The summed E-state index contributed by atoms with van der Waals surface area (Å²) in [6.07, 6.45) is 2.23. The Kier molecular flexibility index (Phi) is 6.84. The summed E-state index contributed by atoms with van der Waals surface area (Å²) in [6.45, 7) is 4.68. The number of rotatable bonds is 7. The third-order valence-corrected chi connectivity index (χ3v) is 3.31. The molecule has 2 nitrogen and oxygen atoms in total. The molecule has 1 atom stereocenters. The smallest absolute Gasteiger partial charge is 0.119 e. The molecule has 100 valence electrons. The van der Waals surface area contributed by atoms with Crippen LogP contribution in [-0.4, -0.2) is 19.7 Å².